The van der Waals surface area contributed by atoms with E-state index in [0.29, 0.717) is 13.2 Å². The molecule has 8 nitrogen and oxygen atoms in total. The molecule has 150 valence electrons. The van der Waals surface area contributed by atoms with Gasteiger partial charge >= 0.3 is 5.97 Å². The number of rotatable bonds is 9. The van der Waals surface area contributed by atoms with Crippen LogP contribution in [-0.4, -0.2) is 52.2 Å². The normalized spacial score (nSPS) is 18.1. The number of hydrogen-bond donors (Lipinski definition) is 2. The van der Waals surface area contributed by atoms with E-state index in [-0.39, 0.29) is 29.0 Å². The van der Waals surface area contributed by atoms with Crippen molar-refractivity contribution in [3.8, 4) is 0 Å². The number of esters is 1. The molecule has 0 radical (unpaired) electrons. The van der Waals surface area contributed by atoms with Crippen LogP contribution in [-0.2, 0) is 24.3 Å². The van der Waals surface area contributed by atoms with Crippen molar-refractivity contribution in [1.82, 2.24) is 10.0 Å². The molecule has 1 aromatic carbocycles. The molecular formula is C18H26N2O6S. The minimum absolute atomic E-state index is 0.0470. The van der Waals surface area contributed by atoms with Crippen molar-refractivity contribution >= 4 is 21.9 Å². The summed E-state index contributed by atoms with van der Waals surface area (Å²) in [6, 6.07) is 5.38. The molecule has 0 bridgehead atoms. The molecule has 1 amide bonds. The number of benzene rings is 1. The molecule has 27 heavy (non-hydrogen) atoms. The molecule has 0 spiro atoms. The Bertz CT molecular complexity index is 742. The number of nitrogens with one attached hydrogen (secondary N) is 2. The molecule has 0 unspecified atom stereocenters. The Labute approximate surface area is 159 Å². The Balaban J connectivity index is 1.92. The second kappa shape index (κ2) is 9.82. The van der Waals surface area contributed by atoms with Gasteiger partial charge in [0, 0.05) is 19.7 Å². The van der Waals surface area contributed by atoms with Gasteiger partial charge in [-0.25, -0.2) is 17.9 Å². The average Bonchev–Trinajstić information content (AvgIpc) is 3.18. The fourth-order valence-corrected chi connectivity index (χ4v) is 3.60. The lowest BCUT2D eigenvalue weighted by molar-refractivity contribution is -0.129. The minimum Gasteiger partial charge on any atom is -0.449 e. The van der Waals surface area contributed by atoms with Crippen LogP contribution in [0.15, 0.2) is 29.2 Å². The molecule has 0 aromatic heterocycles. The van der Waals surface area contributed by atoms with Gasteiger partial charge in [0.1, 0.15) is 0 Å². The highest BCUT2D eigenvalue weighted by Crippen LogP contribution is 2.14. The second-order valence-electron chi connectivity index (χ2n) is 6.35. The first-order valence-electron chi connectivity index (χ1n) is 9.03. The van der Waals surface area contributed by atoms with E-state index in [9.17, 15) is 18.0 Å². The fraction of sp³-hybridized carbons (Fsp3) is 0.556. The van der Waals surface area contributed by atoms with Crippen molar-refractivity contribution in [3.05, 3.63) is 29.8 Å². The first-order chi connectivity index (χ1) is 12.8. The van der Waals surface area contributed by atoms with Crippen molar-refractivity contribution in [2.24, 2.45) is 0 Å². The molecule has 0 saturated carbocycles. The van der Waals surface area contributed by atoms with E-state index in [2.05, 4.69) is 10.0 Å². The van der Waals surface area contributed by atoms with Crippen LogP contribution in [0.1, 0.15) is 43.5 Å². The highest BCUT2D eigenvalue weighted by molar-refractivity contribution is 7.89. The van der Waals surface area contributed by atoms with Crippen LogP contribution in [0.5, 0.6) is 0 Å². The van der Waals surface area contributed by atoms with Gasteiger partial charge in [-0.1, -0.05) is 6.92 Å². The summed E-state index contributed by atoms with van der Waals surface area (Å²) in [5.74, 6) is -1.06. The Morgan fingerprint density at radius 1 is 1.30 bits per heavy atom. The van der Waals surface area contributed by atoms with Gasteiger partial charge in [0.05, 0.1) is 16.6 Å². The van der Waals surface area contributed by atoms with Crippen molar-refractivity contribution in [3.63, 3.8) is 0 Å². The Morgan fingerprint density at radius 3 is 2.59 bits per heavy atom. The van der Waals surface area contributed by atoms with E-state index < -0.39 is 22.1 Å². The largest absolute Gasteiger partial charge is 0.449 e. The molecule has 2 rings (SSSR count). The molecule has 0 aliphatic carbocycles. The monoisotopic (exact) mass is 398 g/mol. The molecule has 1 aliphatic rings. The van der Waals surface area contributed by atoms with E-state index in [4.69, 9.17) is 9.47 Å². The topological polar surface area (TPSA) is 111 Å². The minimum atomic E-state index is -3.68. The highest BCUT2D eigenvalue weighted by atomic mass is 32.2. The third kappa shape index (κ3) is 6.30. The Hall–Kier alpha value is -1.97. The summed E-state index contributed by atoms with van der Waals surface area (Å²) in [4.78, 5) is 23.9. The van der Waals surface area contributed by atoms with Gasteiger partial charge in [-0.2, -0.15) is 0 Å². The SMILES string of the molecule is CCCNC(=O)[C@H](C)OC(=O)c1ccc(S(=O)(=O)NC[C@@H]2CCCO2)cc1. The first-order valence-corrected chi connectivity index (χ1v) is 10.5. The molecule has 1 fully saturated rings. The van der Waals surface area contributed by atoms with Crippen LogP contribution in [0.2, 0.25) is 0 Å². The fourth-order valence-electron chi connectivity index (χ4n) is 2.54. The maximum absolute atomic E-state index is 12.3. The van der Waals surface area contributed by atoms with Gasteiger partial charge in [0.2, 0.25) is 10.0 Å². The first kappa shape index (κ1) is 21.3. The van der Waals surface area contributed by atoms with Gasteiger partial charge in [0.15, 0.2) is 6.10 Å². The third-order valence-electron chi connectivity index (χ3n) is 4.13. The summed E-state index contributed by atoms with van der Waals surface area (Å²) in [5.41, 5.74) is 0.170. The van der Waals surface area contributed by atoms with E-state index in [1.54, 1.807) is 0 Å². The maximum atomic E-state index is 12.3. The van der Waals surface area contributed by atoms with Gasteiger partial charge in [-0.3, -0.25) is 4.79 Å². The quantitative estimate of drug-likeness (QED) is 0.605. The molecule has 1 aliphatic heterocycles. The molecule has 2 N–H and O–H groups in total. The number of amides is 1. The standard InChI is InChI=1S/C18H26N2O6S/c1-3-10-19-17(21)13(2)26-18(22)14-6-8-16(9-7-14)27(23,24)20-12-15-5-4-11-25-15/h6-9,13,15,20H,3-5,10-12H2,1-2H3,(H,19,21)/t13-,15-/m0/s1. The molecule has 1 aromatic rings. The predicted octanol–water partition coefficient (Wildman–Crippen LogP) is 1.22. The van der Waals surface area contributed by atoms with Gasteiger partial charge < -0.3 is 14.8 Å². The number of hydrogen-bond acceptors (Lipinski definition) is 6. The van der Waals surface area contributed by atoms with Crippen LogP contribution in [0.3, 0.4) is 0 Å². The van der Waals surface area contributed by atoms with Crippen molar-refractivity contribution < 1.29 is 27.5 Å². The van der Waals surface area contributed by atoms with Crippen molar-refractivity contribution in [2.45, 2.75) is 50.2 Å². The number of ether oxygens (including phenoxy) is 2. The summed E-state index contributed by atoms with van der Waals surface area (Å²) < 4.78 is 37.6. The smallest absolute Gasteiger partial charge is 0.338 e. The van der Waals surface area contributed by atoms with Gasteiger partial charge in [0.25, 0.3) is 5.91 Å². The lowest BCUT2D eigenvalue weighted by Gasteiger charge is -2.14. The summed E-state index contributed by atoms with van der Waals surface area (Å²) in [5, 5.41) is 2.64. The van der Waals surface area contributed by atoms with Gasteiger partial charge in [-0.15, -0.1) is 0 Å². The Kier molecular flexibility index (Phi) is 7.76. The van der Waals surface area contributed by atoms with Crippen LogP contribution in [0.4, 0.5) is 0 Å². The van der Waals surface area contributed by atoms with E-state index in [1.807, 2.05) is 6.92 Å². The van der Waals surface area contributed by atoms with Crippen LogP contribution >= 0.6 is 0 Å². The van der Waals surface area contributed by atoms with E-state index >= 15 is 0 Å². The number of sulfonamides is 1. The zero-order valence-electron chi connectivity index (χ0n) is 15.6. The summed E-state index contributed by atoms with van der Waals surface area (Å²) >= 11 is 0. The Morgan fingerprint density at radius 2 is 2.00 bits per heavy atom. The number of carbonyl (C=O) groups excluding carboxylic acids is 2. The third-order valence-corrected chi connectivity index (χ3v) is 5.57. The van der Waals surface area contributed by atoms with Crippen LogP contribution in [0, 0.1) is 0 Å². The molecular weight excluding hydrogens is 372 g/mol. The summed E-state index contributed by atoms with van der Waals surface area (Å²) in [7, 11) is -3.68. The second-order valence-corrected chi connectivity index (χ2v) is 8.12. The predicted molar refractivity (Wildman–Crippen MR) is 98.8 cm³/mol. The zero-order chi connectivity index (χ0) is 19.9. The maximum Gasteiger partial charge on any atom is 0.338 e. The van der Waals surface area contributed by atoms with Crippen molar-refractivity contribution in [2.75, 3.05) is 19.7 Å². The van der Waals surface area contributed by atoms with E-state index in [0.717, 1.165) is 19.3 Å². The van der Waals surface area contributed by atoms with Crippen LogP contribution < -0.4 is 10.0 Å². The van der Waals surface area contributed by atoms with E-state index in [1.165, 1.54) is 31.2 Å². The molecule has 1 saturated heterocycles. The molecule has 2 atom stereocenters. The van der Waals surface area contributed by atoms with Crippen LogP contribution in [0.25, 0.3) is 0 Å². The highest BCUT2D eigenvalue weighted by Gasteiger charge is 2.22. The van der Waals surface area contributed by atoms with Gasteiger partial charge in [-0.05, 0) is 50.5 Å². The summed E-state index contributed by atoms with van der Waals surface area (Å²) in [6.45, 7) is 4.78. The molecule has 1 heterocycles. The summed E-state index contributed by atoms with van der Waals surface area (Å²) in [6.07, 6.45) is 1.51. The number of carbonyl (C=O) groups is 2. The lowest BCUT2D eigenvalue weighted by Crippen LogP contribution is -2.36. The average molecular weight is 398 g/mol. The molecule has 9 heteroatoms. The zero-order valence-corrected chi connectivity index (χ0v) is 16.4. The lowest BCUT2D eigenvalue weighted by atomic mass is 10.2. The van der Waals surface area contributed by atoms with Crippen molar-refractivity contribution in [1.29, 1.82) is 0 Å².